The first-order valence-corrected chi connectivity index (χ1v) is 6.44. The minimum absolute atomic E-state index is 0.0688. The molecule has 1 aromatic carbocycles. The van der Waals surface area contributed by atoms with Gasteiger partial charge in [0.25, 0.3) is 10.1 Å². The summed E-state index contributed by atoms with van der Waals surface area (Å²) in [6.45, 7) is -0.131. The molecule has 0 aliphatic carbocycles. The molecule has 0 aliphatic rings. The van der Waals surface area contributed by atoms with Gasteiger partial charge in [-0.15, -0.1) is 12.3 Å². The standard InChI is InChI=1S/C12H12O5S/c1-3-4-9-17-18(14,15)11-8-6-5-7-10(11)12(13)16-2/h1,5-8H,4,9H2,2H3. The Labute approximate surface area is 106 Å². The largest absolute Gasteiger partial charge is 0.465 e. The van der Waals surface area contributed by atoms with Crippen LogP contribution in [0.1, 0.15) is 16.8 Å². The lowest BCUT2D eigenvalue weighted by Gasteiger charge is -2.08. The Kier molecular flexibility index (Phi) is 4.89. The van der Waals surface area contributed by atoms with Crippen LogP contribution in [0, 0.1) is 12.3 Å². The van der Waals surface area contributed by atoms with E-state index in [-0.39, 0.29) is 23.5 Å². The fraction of sp³-hybridized carbons (Fsp3) is 0.250. The second-order valence-electron chi connectivity index (χ2n) is 3.22. The highest BCUT2D eigenvalue weighted by Crippen LogP contribution is 2.18. The molecule has 0 heterocycles. The highest BCUT2D eigenvalue weighted by atomic mass is 32.2. The Morgan fingerprint density at radius 2 is 2.06 bits per heavy atom. The van der Waals surface area contributed by atoms with Crippen molar-refractivity contribution in [3.8, 4) is 12.3 Å². The number of carbonyl (C=O) groups is 1. The highest BCUT2D eigenvalue weighted by molar-refractivity contribution is 7.86. The van der Waals surface area contributed by atoms with Gasteiger partial charge in [0.15, 0.2) is 0 Å². The Hall–Kier alpha value is -1.84. The van der Waals surface area contributed by atoms with Gasteiger partial charge in [0.05, 0.1) is 19.3 Å². The third-order valence-corrected chi connectivity index (χ3v) is 3.42. The third-order valence-electron chi connectivity index (χ3n) is 2.05. The number of methoxy groups -OCH3 is 1. The van der Waals surface area contributed by atoms with E-state index in [0.717, 1.165) is 0 Å². The summed E-state index contributed by atoms with van der Waals surface area (Å²) in [6, 6.07) is 5.65. The number of hydrogen-bond donors (Lipinski definition) is 0. The van der Waals surface area contributed by atoms with Crippen molar-refractivity contribution in [2.45, 2.75) is 11.3 Å². The Morgan fingerprint density at radius 1 is 1.39 bits per heavy atom. The van der Waals surface area contributed by atoms with Gasteiger partial charge in [0.1, 0.15) is 4.90 Å². The second kappa shape index (κ2) is 6.19. The molecule has 0 radical (unpaired) electrons. The molecular formula is C12H12O5S. The average Bonchev–Trinajstić information content (AvgIpc) is 2.38. The van der Waals surface area contributed by atoms with E-state index in [1.165, 1.54) is 31.4 Å². The van der Waals surface area contributed by atoms with Gasteiger partial charge in [-0.05, 0) is 12.1 Å². The Bertz CT molecular complexity index is 568. The number of carbonyl (C=O) groups excluding carboxylic acids is 1. The Balaban J connectivity index is 3.09. The summed E-state index contributed by atoms with van der Waals surface area (Å²) in [5.41, 5.74) is -0.0688. The van der Waals surface area contributed by atoms with Gasteiger partial charge in [-0.25, -0.2) is 4.79 Å². The number of terminal acetylenes is 1. The first-order valence-electron chi connectivity index (χ1n) is 5.03. The van der Waals surface area contributed by atoms with Crippen LogP contribution in [0.25, 0.3) is 0 Å². The molecule has 6 heteroatoms. The van der Waals surface area contributed by atoms with Gasteiger partial charge in [-0.2, -0.15) is 8.42 Å². The molecule has 1 aromatic rings. The molecule has 0 N–H and O–H groups in total. The van der Waals surface area contributed by atoms with Crippen molar-refractivity contribution in [2.75, 3.05) is 13.7 Å². The monoisotopic (exact) mass is 268 g/mol. The van der Waals surface area contributed by atoms with Crippen molar-refractivity contribution in [3.63, 3.8) is 0 Å². The van der Waals surface area contributed by atoms with Gasteiger partial charge in [0.2, 0.25) is 0 Å². The lowest BCUT2D eigenvalue weighted by atomic mass is 10.2. The SMILES string of the molecule is C#CCCOS(=O)(=O)c1ccccc1C(=O)OC. The molecule has 0 bridgehead atoms. The van der Waals surface area contributed by atoms with E-state index in [4.69, 9.17) is 10.6 Å². The van der Waals surface area contributed by atoms with Crippen molar-refractivity contribution in [3.05, 3.63) is 29.8 Å². The van der Waals surface area contributed by atoms with Gasteiger partial charge in [-0.1, -0.05) is 12.1 Å². The fourth-order valence-electron chi connectivity index (χ4n) is 1.24. The third kappa shape index (κ3) is 3.32. The number of benzene rings is 1. The average molecular weight is 268 g/mol. The number of rotatable bonds is 5. The van der Waals surface area contributed by atoms with E-state index in [9.17, 15) is 13.2 Å². The second-order valence-corrected chi connectivity index (χ2v) is 4.80. The summed E-state index contributed by atoms with van der Waals surface area (Å²) in [5, 5.41) is 0. The van der Waals surface area contributed by atoms with Crippen molar-refractivity contribution in [2.24, 2.45) is 0 Å². The van der Waals surface area contributed by atoms with Crippen molar-refractivity contribution in [1.82, 2.24) is 0 Å². The van der Waals surface area contributed by atoms with Gasteiger partial charge >= 0.3 is 5.97 Å². The van der Waals surface area contributed by atoms with Crippen LogP contribution in [0.15, 0.2) is 29.2 Å². The fourth-order valence-corrected chi connectivity index (χ4v) is 2.33. The summed E-state index contributed by atoms with van der Waals surface area (Å²) < 4.78 is 32.9. The van der Waals surface area contributed by atoms with Crippen LogP contribution in [0.3, 0.4) is 0 Å². The molecular weight excluding hydrogens is 256 g/mol. The summed E-state index contributed by atoms with van der Waals surface area (Å²) in [6.07, 6.45) is 5.16. The number of esters is 1. The number of ether oxygens (including phenoxy) is 1. The molecule has 0 saturated heterocycles. The van der Waals surface area contributed by atoms with E-state index in [0.29, 0.717) is 0 Å². The Morgan fingerprint density at radius 3 is 2.67 bits per heavy atom. The van der Waals surface area contributed by atoms with E-state index in [1.54, 1.807) is 0 Å². The summed E-state index contributed by atoms with van der Waals surface area (Å²) in [7, 11) is -2.84. The summed E-state index contributed by atoms with van der Waals surface area (Å²) in [5.74, 6) is 1.52. The van der Waals surface area contributed by atoms with Crippen LogP contribution < -0.4 is 0 Å². The maximum absolute atomic E-state index is 11.8. The normalized spacial score (nSPS) is 10.7. The van der Waals surface area contributed by atoms with Crippen LogP contribution in [0.4, 0.5) is 0 Å². The molecule has 0 atom stereocenters. The summed E-state index contributed by atoms with van der Waals surface area (Å²) in [4.78, 5) is 11.2. The molecule has 1 rings (SSSR count). The molecule has 0 unspecified atom stereocenters. The zero-order valence-electron chi connectivity index (χ0n) is 9.75. The summed E-state index contributed by atoms with van der Waals surface area (Å²) >= 11 is 0. The van der Waals surface area contributed by atoms with Crippen molar-refractivity contribution in [1.29, 1.82) is 0 Å². The minimum Gasteiger partial charge on any atom is -0.465 e. The molecule has 5 nitrogen and oxygen atoms in total. The molecule has 96 valence electrons. The van der Waals surface area contributed by atoms with Crippen LogP contribution in [0.2, 0.25) is 0 Å². The minimum atomic E-state index is -4.01. The molecule has 0 fully saturated rings. The maximum Gasteiger partial charge on any atom is 0.339 e. The van der Waals surface area contributed by atoms with Crippen LogP contribution in [0.5, 0.6) is 0 Å². The maximum atomic E-state index is 11.8. The first kappa shape index (κ1) is 14.2. The molecule has 0 aliphatic heterocycles. The molecule has 0 amide bonds. The van der Waals surface area contributed by atoms with Crippen LogP contribution in [-0.4, -0.2) is 28.1 Å². The van der Waals surface area contributed by atoms with E-state index < -0.39 is 16.1 Å². The molecule has 18 heavy (non-hydrogen) atoms. The topological polar surface area (TPSA) is 69.7 Å². The molecule has 0 aromatic heterocycles. The molecule has 0 spiro atoms. The smallest absolute Gasteiger partial charge is 0.339 e. The number of hydrogen-bond acceptors (Lipinski definition) is 5. The predicted octanol–water partition coefficient (Wildman–Crippen LogP) is 1.20. The van der Waals surface area contributed by atoms with Gasteiger partial charge < -0.3 is 4.74 Å². The predicted molar refractivity (Wildman–Crippen MR) is 64.4 cm³/mol. The quantitative estimate of drug-likeness (QED) is 0.347. The van der Waals surface area contributed by atoms with Crippen LogP contribution in [-0.2, 0) is 19.0 Å². The zero-order valence-corrected chi connectivity index (χ0v) is 10.6. The van der Waals surface area contributed by atoms with Crippen molar-refractivity contribution >= 4 is 16.1 Å². The molecule has 0 saturated carbocycles. The van der Waals surface area contributed by atoms with Gasteiger partial charge in [0, 0.05) is 6.42 Å². The zero-order chi connectivity index (χ0) is 13.6. The lowest BCUT2D eigenvalue weighted by molar-refractivity contribution is 0.0596. The van der Waals surface area contributed by atoms with Gasteiger partial charge in [-0.3, -0.25) is 4.18 Å². The highest BCUT2D eigenvalue weighted by Gasteiger charge is 2.23. The van der Waals surface area contributed by atoms with E-state index in [2.05, 4.69) is 10.7 Å². The van der Waals surface area contributed by atoms with Crippen molar-refractivity contribution < 1.29 is 22.1 Å². The first-order chi connectivity index (χ1) is 8.53. The lowest BCUT2D eigenvalue weighted by Crippen LogP contribution is -2.13. The van der Waals surface area contributed by atoms with E-state index in [1.807, 2.05) is 0 Å². The van der Waals surface area contributed by atoms with E-state index >= 15 is 0 Å². The van der Waals surface area contributed by atoms with Crippen LogP contribution >= 0.6 is 0 Å².